The van der Waals surface area contributed by atoms with Gasteiger partial charge in [-0.2, -0.15) is 0 Å². The summed E-state index contributed by atoms with van der Waals surface area (Å²) in [6.07, 6.45) is 0. The van der Waals surface area contributed by atoms with Gasteiger partial charge in [-0.25, -0.2) is 0 Å². The fourth-order valence-corrected chi connectivity index (χ4v) is 2.86. The number of hydrogen-bond acceptors (Lipinski definition) is 6. The molecule has 0 aromatic heterocycles. The molecule has 1 amide bonds. The maximum Gasteiger partial charge on any atom is 0.243 e. The number of halogens is 1. The quantitative estimate of drug-likeness (QED) is 0.696. The van der Waals surface area contributed by atoms with Gasteiger partial charge in [0.1, 0.15) is 5.75 Å². The lowest BCUT2D eigenvalue weighted by molar-refractivity contribution is -0.114. The summed E-state index contributed by atoms with van der Waals surface area (Å²) in [5.74, 6) is 1.18. The molecule has 136 valence electrons. The van der Waals surface area contributed by atoms with Crippen molar-refractivity contribution in [1.29, 1.82) is 0 Å². The van der Waals surface area contributed by atoms with E-state index in [0.29, 0.717) is 28.5 Å². The summed E-state index contributed by atoms with van der Waals surface area (Å²) in [4.78, 5) is 24.2. The molecule has 0 spiro atoms. The minimum Gasteiger partial charge on any atom is -0.497 e. The molecule has 0 unspecified atom stereocenters. The smallest absolute Gasteiger partial charge is 0.243 e. The molecule has 26 heavy (non-hydrogen) atoms. The lowest BCUT2D eigenvalue weighted by Crippen LogP contribution is -2.23. The third-order valence-corrected chi connectivity index (χ3v) is 4.47. The fraction of sp³-hybridized carbons (Fsp3) is 0.222. The highest BCUT2D eigenvalue weighted by Gasteiger charge is 2.20. The van der Waals surface area contributed by atoms with Crippen molar-refractivity contribution in [1.82, 2.24) is 0 Å². The molecular weight excluding hydrogens is 404 g/mol. The molecule has 0 saturated carbocycles. The van der Waals surface area contributed by atoms with E-state index in [-0.39, 0.29) is 25.0 Å². The van der Waals surface area contributed by atoms with Crippen LogP contribution in [-0.2, 0) is 4.79 Å². The average Bonchev–Trinajstić information content (AvgIpc) is 3.07. The van der Waals surface area contributed by atoms with Crippen LogP contribution in [0.25, 0.3) is 0 Å². The van der Waals surface area contributed by atoms with E-state index in [1.165, 1.54) is 6.92 Å². The highest BCUT2D eigenvalue weighted by atomic mass is 79.9. The van der Waals surface area contributed by atoms with Gasteiger partial charge in [-0.05, 0) is 41.1 Å². The van der Waals surface area contributed by atoms with Crippen molar-refractivity contribution in [3.63, 3.8) is 0 Å². The second-order valence-corrected chi connectivity index (χ2v) is 6.41. The summed E-state index contributed by atoms with van der Waals surface area (Å²) in [5.41, 5.74) is 1.47. The van der Waals surface area contributed by atoms with Crippen molar-refractivity contribution in [2.75, 3.05) is 31.1 Å². The number of fused-ring (bicyclic) bond motifs is 1. The number of hydrogen-bond donors (Lipinski definition) is 2. The summed E-state index contributed by atoms with van der Waals surface area (Å²) >= 11 is 3.42. The average molecular weight is 421 g/mol. The lowest BCUT2D eigenvalue weighted by atomic mass is 10.1. The third-order valence-electron chi connectivity index (χ3n) is 3.78. The Labute approximate surface area is 158 Å². The van der Waals surface area contributed by atoms with E-state index < -0.39 is 0 Å². The van der Waals surface area contributed by atoms with Crippen LogP contribution >= 0.6 is 15.9 Å². The van der Waals surface area contributed by atoms with Crippen LogP contribution in [0.5, 0.6) is 17.2 Å². The number of carbonyl (C=O) groups excluding carboxylic acids is 2. The SMILES string of the molecule is COc1ccc(Br)c(NCC(=O)Nc2cc3c(cc2C(C)=O)OCO3)c1. The molecule has 2 aromatic carbocycles. The first kappa shape index (κ1) is 18.1. The Morgan fingerprint density at radius 3 is 2.58 bits per heavy atom. The van der Waals surface area contributed by atoms with Crippen LogP contribution in [0.4, 0.5) is 11.4 Å². The highest BCUT2D eigenvalue weighted by Crippen LogP contribution is 2.37. The minimum absolute atomic E-state index is 0.0115. The molecule has 0 atom stereocenters. The molecule has 0 bridgehead atoms. The zero-order chi connectivity index (χ0) is 18.7. The normalized spacial score (nSPS) is 11.8. The summed E-state index contributed by atoms with van der Waals surface area (Å²) in [7, 11) is 1.57. The standard InChI is InChI=1S/C18H17BrN2O5/c1-10(22)12-6-16-17(26-9-25-16)7-14(12)21-18(23)8-20-15-5-11(24-2)3-4-13(15)19/h3-7,20H,8-9H2,1-2H3,(H,21,23). The number of amides is 1. The van der Waals surface area contributed by atoms with Gasteiger partial charge < -0.3 is 24.8 Å². The highest BCUT2D eigenvalue weighted by molar-refractivity contribution is 9.10. The Bertz CT molecular complexity index is 869. The molecule has 3 rings (SSSR count). The van der Waals surface area contributed by atoms with Gasteiger partial charge in [0, 0.05) is 22.2 Å². The number of ketones is 1. The monoisotopic (exact) mass is 420 g/mol. The van der Waals surface area contributed by atoms with Gasteiger partial charge in [0.2, 0.25) is 12.7 Å². The molecule has 1 aliphatic rings. The van der Waals surface area contributed by atoms with Crippen molar-refractivity contribution in [2.45, 2.75) is 6.92 Å². The van der Waals surface area contributed by atoms with Crippen LogP contribution in [0.1, 0.15) is 17.3 Å². The molecule has 0 radical (unpaired) electrons. The number of carbonyl (C=O) groups is 2. The molecule has 0 aliphatic carbocycles. The van der Waals surface area contributed by atoms with Crippen molar-refractivity contribution >= 4 is 39.0 Å². The Kier molecular flexibility index (Phi) is 5.32. The predicted molar refractivity (Wildman–Crippen MR) is 100 cm³/mol. The van der Waals surface area contributed by atoms with Crippen LogP contribution in [0.2, 0.25) is 0 Å². The number of benzene rings is 2. The van der Waals surface area contributed by atoms with E-state index in [2.05, 4.69) is 26.6 Å². The molecule has 2 N–H and O–H groups in total. The maximum atomic E-state index is 12.3. The van der Waals surface area contributed by atoms with Crippen LogP contribution < -0.4 is 24.8 Å². The zero-order valence-electron chi connectivity index (χ0n) is 14.2. The van der Waals surface area contributed by atoms with E-state index in [1.54, 1.807) is 31.4 Å². The molecule has 0 saturated heterocycles. The van der Waals surface area contributed by atoms with E-state index in [0.717, 1.165) is 10.2 Å². The van der Waals surface area contributed by atoms with E-state index in [1.807, 2.05) is 6.07 Å². The summed E-state index contributed by atoms with van der Waals surface area (Å²) in [5, 5.41) is 5.76. The van der Waals surface area contributed by atoms with E-state index in [9.17, 15) is 9.59 Å². The Balaban J connectivity index is 1.72. The Morgan fingerprint density at radius 1 is 1.15 bits per heavy atom. The number of rotatable bonds is 6. The van der Waals surface area contributed by atoms with Gasteiger partial charge in [-0.3, -0.25) is 9.59 Å². The maximum absolute atomic E-state index is 12.3. The first-order valence-corrected chi connectivity index (χ1v) is 8.59. The van der Waals surface area contributed by atoms with E-state index >= 15 is 0 Å². The molecule has 1 heterocycles. The number of nitrogens with one attached hydrogen (secondary N) is 2. The summed E-state index contributed by atoms with van der Waals surface area (Å²) in [6.45, 7) is 1.53. The van der Waals surface area contributed by atoms with Crippen LogP contribution in [0.3, 0.4) is 0 Å². The molecule has 7 nitrogen and oxygen atoms in total. The lowest BCUT2D eigenvalue weighted by Gasteiger charge is -2.13. The summed E-state index contributed by atoms with van der Waals surface area (Å²) < 4.78 is 16.6. The second kappa shape index (κ2) is 7.65. The van der Waals surface area contributed by atoms with Crippen LogP contribution in [-0.4, -0.2) is 32.1 Å². The molecule has 1 aliphatic heterocycles. The first-order chi connectivity index (χ1) is 12.5. The molecule has 0 fully saturated rings. The van der Waals surface area contributed by atoms with Gasteiger partial charge in [0.25, 0.3) is 0 Å². The Morgan fingerprint density at radius 2 is 1.88 bits per heavy atom. The Hall–Kier alpha value is -2.74. The van der Waals surface area contributed by atoms with Gasteiger partial charge >= 0.3 is 0 Å². The van der Waals surface area contributed by atoms with Crippen molar-refractivity contribution in [3.8, 4) is 17.2 Å². The van der Waals surface area contributed by atoms with E-state index in [4.69, 9.17) is 14.2 Å². The fourth-order valence-electron chi connectivity index (χ4n) is 2.47. The van der Waals surface area contributed by atoms with Gasteiger partial charge in [-0.15, -0.1) is 0 Å². The van der Waals surface area contributed by atoms with Gasteiger partial charge in [0.05, 0.1) is 25.0 Å². The van der Waals surface area contributed by atoms with Crippen LogP contribution in [0.15, 0.2) is 34.8 Å². The number of ether oxygens (including phenoxy) is 3. The zero-order valence-corrected chi connectivity index (χ0v) is 15.8. The van der Waals surface area contributed by atoms with Crippen molar-refractivity contribution < 1.29 is 23.8 Å². The second-order valence-electron chi connectivity index (χ2n) is 5.55. The summed E-state index contributed by atoms with van der Waals surface area (Å²) in [6, 6.07) is 8.58. The third kappa shape index (κ3) is 3.91. The topological polar surface area (TPSA) is 85.9 Å². The number of methoxy groups -OCH3 is 1. The first-order valence-electron chi connectivity index (χ1n) is 7.80. The van der Waals surface area contributed by atoms with Gasteiger partial charge in [0.15, 0.2) is 17.3 Å². The van der Waals surface area contributed by atoms with Crippen LogP contribution in [0, 0.1) is 0 Å². The molecule has 8 heteroatoms. The van der Waals surface area contributed by atoms with Crippen molar-refractivity contribution in [2.24, 2.45) is 0 Å². The largest absolute Gasteiger partial charge is 0.497 e. The molecule has 2 aromatic rings. The van der Waals surface area contributed by atoms with Gasteiger partial charge in [-0.1, -0.05) is 0 Å². The molecular formula is C18H17BrN2O5. The number of anilines is 2. The minimum atomic E-state index is -0.305. The predicted octanol–water partition coefficient (Wildman–Crippen LogP) is 3.44. The van der Waals surface area contributed by atoms with Crippen molar-refractivity contribution in [3.05, 3.63) is 40.4 Å². The number of Topliss-reactive ketones (excluding diaryl/α,β-unsaturated/α-hetero) is 1.